The molecule has 2 heterocycles. The average Bonchev–Trinajstić information content (AvgIpc) is 2.81. The van der Waals surface area contributed by atoms with Crippen molar-refractivity contribution >= 4 is 29.7 Å². The van der Waals surface area contributed by atoms with E-state index in [-0.39, 0.29) is 23.5 Å². The maximum atomic E-state index is 11.2. The summed E-state index contributed by atoms with van der Waals surface area (Å²) in [4.78, 5) is 23.5. The number of aromatic nitrogens is 3. The van der Waals surface area contributed by atoms with E-state index in [1.807, 2.05) is 27.7 Å². The molecule has 2 aromatic rings. The van der Waals surface area contributed by atoms with Crippen LogP contribution in [0.5, 0.6) is 0 Å². The van der Waals surface area contributed by atoms with Gasteiger partial charge in [-0.25, -0.2) is 14.8 Å². The lowest BCUT2D eigenvalue weighted by molar-refractivity contribution is 0.0692. The minimum Gasteiger partial charge on any atom is -0.476 e. The summed E-state index contributed by atoms with van der Waals surface area (Å²) in [6, 6.07) is 0. The second-order valence-corrected chi connectivity index (χ2v) is 6.34. The Morgan fingerprint density at radius 2 is 2.05 bits per heavy atom. The summed E-state index contributed by atoms with van der Waals surface area (Å²) in [7, 11) is 0. The number of carbonyl (C=O) groups is 1. The van der Waals surface area contributed by atoms with E-state index in [9.17, 15) is 9.90 Å². The number of hydrogen-bond donors (Lipinski definition) is 2. The number of aromatic carboxylic acids is 1. The zero-order valence-corrected chi connectivity index (χ0v) is 12.8. The van der Waals surface area contributed by atoms with Crippen LogP contribution >= 0.6 is 23.7 Å². The zero-order chi connectivity index (χ0) is 13.5. The van der Waals surface area contributed by atoms with Crippen LogP contribution in [0.2, 0.25) is 0 Å². The number of aromatic amines is 1. The van der Waals surface area contributed by atoms with Crippen molar-refractivity contribution in [3.05, 3.63) is 22.7 Å². The third-order valence-corrected chi connectivity index (χ3v) is 3.41. The van der Waals surface area contributed by atoms with Gasteiger partial charge in [0, 0.05) is 11.6 Å². The molecular formula is C12H16ClN3O2S. The number of H-pyrrole nitrogens is 1. The number of aryl methyl sites for hydroxylation is 1. The molecule has 0 atom stereocenters. The highest BCUT2D eigenvalue weighted by Gasteiger charge is 2.25. The molecule has 2 N–H and O–H groups in total. The van der Waals surface area contributed by atoms with E-state index in [0.29, 0.717) is 11.5 Å². The number of halogens is 1. The Labute approximate surface area is 121 Å². The van der Waals surface area contributed by atoms with Crippen molar-refractivity contribution in [1.29, 1.82) is 0 Å². The van der Waals surface area contributed by atoms with Crippen LogP contribution in [0.25, 0.3) is 10.6 Å². The summed E-state index contributed by atoms with van der Waals surface area (Å²) >= 11 is 1.45. The van der Waals surface area contributed by atoms with Crippen LogP contribution in [0, 0.1) is 6.92 Å². The first-order valence-corrected chi connectivity index (χ1v) is 6.37. The van der Waals surface area contributed by atoms with Crippen molar-refractivity contribution in [3.63, 3.8) is 0 Å². The Balaban J connectivity index is 0.00000180. The third-order valence-electron chi connectivity index (χ3n) is 2.48. The van der Waals surface area contributed by atoms with Gasteiger partial charge < -0.3 is 10.1 Å². The lowest BCUT2D eigenvalue weighted by Gasteiger charge is -2.13. The molecule has 0 aromatic carbocycles. The number of thiazole rings is 1. The topological polar surface area (TPSA) is 78.9 Å². The molecule has 0 aliphatic heterocycles. The molecule has 19 heavy (non-hydrogen) atoms. The molecule has 104 valence electrons. The van der Waals surface area contributed by atoms with Gasteiger partial charge in [0.25, 0.3) is 0 Å². The van der Waals surface area contributed by atoms with E-state index in [0.717, 1.165) is 9.88 Å². The SMILES string of the molecule is Cc1ncc(-c2[nH]c(C(C)(C)C)nc2C(=O)O)s1.Cl. The minimum atomic E-state index is -1.03. The lowest BCUT2D eigenvalue weighted by Crippen LogP contribution is -2.13. The first kappa shape index (κ1) is 15.7. The normalized spacial score (nSPS) is 11.2. The number of rotatable bonds is 2. The number of hydrogen-bond acceptors (Lipinski definition) is 4. The van der Waals surface area contributed by atoms with E-state index in [4.69, 9.17) is 0 Å². The molecule has 2 rings (SSSR count). The van der Waals surface area contributed by atoms with Crippen molar-refractivity contribution in [3.8, 4) is 10.6 Å². The highest BCUT2D eigenvalue weighted by molar-refractivity contribution is 7.15. The summed E-state index contributed by atoms with van der Waals surface area (Å²) in [5, 5.41) is 10.1. The molecule has 0 amide bonds. The van der Waals surface area contributed by atoms with E-state index in [1.54, 1.807) is 6.20 Å². The number of imidazole rings is 1. The van der Waals surface area contributed by atoms with Gasteiger partial charge in [-0.1, -0.05) is 20.8 Å². The van der Waals surface area contributed by atoms with Crippen LogP contribution in [-0.2, 0) is 5.41 Å². The second-order valence-electron chi connectivity index (χ2n) is 5.11. The summed E-state index contributed by atoms with van der Waals surface area (Å²) in [5.41, 5.74) is 0.379. The average molecular weight is 302 g/mol. The fraction of sp³-hybridized carbons (Fsp3) is 0.417. The largest absolute Gasteiger partial charge is 0.476 e. The molecule has 7 heteroatoms. The van der Waals surface area contributed by atoms with Gasteiger partial charge in [-0.2, -0.15) is 0 Å². The van der Waals surface area contributed by atoms with E-state index in [1.165, 1.54) is 11.3 Å². The van der Waals surface area contributed by atoms with Crippen LogP contribution in [0.3, 0.4) is 0 Å². The van der Waals surface area contributed by atoms with E-state index >= 15 is 0 Å². The van der Waals surface area contributed by atoms with Crippen molar-refractivity contribution in [2.45, 2.75) is 33.1 Å². The van der Waals surface area contributed by atoms with Crippen molar-refractivity contribution in [2.75, 3.05) is 0 Å². The smallest absolute Gasteiger partial charge is 0.356 e. The van der Waals surface area contributed by atoms with Gasteiger partial charge in [-0.3, -0.25) is 0 Å². The fourth-order valence-corrected chi connectivity index (χ4v) is 2.32. The minimum absolute atomic E-state index is 0. The Morgan fingerprint density at radius 3 is 2.47 bits per heavy atom. The molecule has 5 nitrogen and oxygen atoms in total. The Hall–Kier alpha value is -1.40. The predicted molar refractivity (Wildman–Crippen MR) is 77.3 cm³/mol. The van der Waals surface area contributed by atoms with Crippen molar-refractivity contribution in [1.82, 2.24) is 15.0 Å². The lowest BCUT2D eigenvalue weighted by atomic mass is 9.96. The maximum Gasteiger partial charge on any atom is 0.356 e. The van der Waals surface area contributed by atoms with Gasteiger partial charge in [-0.05, 0) is 6.92 Å². The highest BCUT2D eigenvalue weighted by Crippen LogP contribution is 2.30. The summed E-state index contributed by atoms with van der Waals surface area (Å²) in [6.07, 6.45) is 1.67. The van der Waals surface area contributed by atoms with Gasteiger partial charge in [0.15, 0.2) is 5.69 Å². The Bertz CT molecular complexity index is 598. The molecular weight excluding hydrogens is 286 g/mol. The number of carboxylic acid groups (broad SMARTS) is 1. The van der Waals surface area contributed by atoms with Crippen LogP contribution < -0.4 is 0 Å². The zero-order valence-electron chi connectivity index (χ0n) is 11.1. The Kier molecular flexibility index (Phi) is 4.37. The van der Waals surface area contributed by atoms with Gasteiger partial charge >= 0.3 is 5.97 Å². The summed E-state index contributed by atoms with van der Waals surface area (Å²) < 4.78 is 0. The van der Waals surface area contributed by atoms with Gasteiger partial charge in [-0.15, -0.1) is 23.7 Å². The second kappa shape index (κ2) is 5.30. The highest BCUT2D eigenvalue weighted by atomic mass is 35.5. The molecule has 0 aliphatic carbocycles. The molecule has 0 spiro atoms. The summed E-state index contributed by atoms with van der Waals surface area (Å²) in [6.45, 7) is 7.84. The van der Waals surface area contributed by atoms with Crippen LogP contribution in [-0.4, -0.2) is 26.0 Å². The Morgan fingerprint density at radius 1 is 1.42 bits per heavy atom. The molecule has 2 aromatic heterocycles. The van der Waals surface area contributed by atoms with E-state index < -0.39 is 5.97 Å². The number of nitrogens with one attached hydrogen (secondary N) is 1. The van der Waals surface area contributed by atoms with Crippen LogP contribution in [0.1, 0.15) is 42.1 Å². The number of nitrogens with zero attached hydrogens (tertiary/aromatic N) is 2. The molecule has 0 unspecified atom stereocenters. The quantitative estimate of drug-likeness (QED) is 0.892. The first-order chi connectivity index (χ1) is 8.29. The molecule has 0 saturated carbocycles. The van der Waals surface area contributed by atoms with Gasteiger partial charge in [0.2, 0.25) is 0 Å². The maximum absolute atomic E-state index is 11.2. The first-order valence-electron chi connectivity index (χ1n) is 5.55. The monoisotopic (exact) mass is 301 g/mol. The van der Waals surface area contributed by atoms with Crippen LogP contribution in [0.15, 0.2) is 6.20 Å². The molecule has 0 bridgehead atoms. The van der Waals surface area contributed by atoms with Crippen molar-refractivity contribution in [2.24, 2.45) is 0 Å². The fourth-order valence-electron chi connectivity index (χ4n) is 1.54. The van der Waals surface area contributed by atoms with E-state index in [2.05, 4.69) is 15.0 Å². The molecule has 0 fully saturated rings. The predicted octanol–water partition coefficient (Wildman–Crippen LogP) is 3.26. The van der Waals surface area contributed by atoms with Crippen LogP contribution in [0.4, 0.5) is 0 Å². The third kappa shape index (κ3) is 3.13. The molecule has 0 aliphatic rings. The van der Waals surface area contributed by atoms with Gasteiger partial charge in [0.1, 0.15) is 5.82 Å². The molecule has 0 saturated heterocycles. The summed E-state index contributed by atoms with van der Waals surface area (Å²) in [5.74, 6) is -0.358. The van der Waals surface area contributed by atoms with Crippen molar-refractivity contribution < 1.29 is 9.90 Å². The van der Waals surface area contributed by atoms with Gasteiger partial charge in [0.05, 0.1) is 15.6 Å². The molecule has 0 radical (unpaired) electrons. The number of carboxylic acids is 1. The standard InChI is InChI=1S/C12H15N3O2S.ClH/c1-6-13-5-7(18-6)8-9(10(16)17)15-11(14-8)12(2,3)4;/h5H,1-4H3,(H,14,15)(H,16,17);1H.